The second-order valence-electron chi connectivity index (χ2n) is 3.72. The van der Waals surface area contributed by atoms with E-state index in [1.165, 1.54) is 18.5 Å². The third-order valence-corrected chi connectivity index (χ3v) is 3.15. The first kappa shape index (κ1) is 9.99. The van der Waals surface area contributed by atoms with Gasteiger partial charge in [-0.25, -0.2) is 0 Å². The standard InChI is InChI=1S/C10H16ClN3/c1-2-14-10(9(11)7-13-14)8-3-5-12-6-4-8/h7-8,12H,2-6H2,1H3. The molecule has 1 aliphatic rings. The maximum Gasteiger partial charge on any atom is 0.0820 e. The van der Waals surface area contributed by atoms with E-state index in [2.05, 4.69) is 17.3 Å². The minimum atomic E-state index is 0.589. The van der Waals surface area contributed by atoms with Crippen molar-refractivity contribution >= 4 is 11.6 Å². The molecule has 0 radical (unpaired) electrons. The predicted octanol–water partition coefficient (Wildman–Crippen LogP) is 2.02. The molecule has 1 aromatic rings. The highest BCUT2D eigenvalue weighted by Gasteiger charge is 2.21. The lowest BCUT2D eigenvalue weighted by molar-refractivity contribution is 0.432. The van der Waals surface area contributed by atoms with E-state index in [-0.39, 0.29) is 0 Å². The number of aromatic nitrogens is 2. The molecule has 1 aliphatic heterocycles. The smallest absolute Gasteiger partial charge is 0.0820 e. The molecule has 0 saturated carbocycles. The summed E-state index contributed by atoms with van der Waals surface area (Å²) in [6.07, 6.45) is 4.11. The quantitative estimate of drug-likeness (QED) is 0.815. The molecule has 4 heteroatoms. The summed E-state index contributed by atoms with van der Waals surface area (Å²) in [5.41, 5.74) is 1.23. The summed E-state index contributed by atoms with van der Waals surface area (Å²) < 4.78 is 2.03. The zero-order valence-corrected chi connectivity index (χ0v) is 9.22. The summed E-state index contributed by atoms with van der Waals surface area (Å²) in [5.74, 6) is 0.589. The minimum absolute atomic E-state index is 0.589. The van der Waals surface area contributed by atoms with Crippen LogP contribution in [0.15, 0.2) is 6.20 Å². The summed E-state index contributed by atoms with van der Waals surface area (Å²) in [7, 11) is 0. The summed E-state index contributed by atoms with van der Waals surface area (Å²) in [4.78, 5) is 0. The van der Waals surface area contributed by atoms with Gasteiger partial charge < -0.3 is 5.32 Å². The van der Waals surface area contributed by atoms with E-state index in [9.17, 15) is 0 Å². The molecule has 3 nitrogen and oxygen atoms in total. The molecule has 0 unspecified atom stereocenters. The second-order valence-corrected chi connectivity index (χ2v) is 4.12. The van der Waals surface area contributed by atoms with Crippen molar-refractivity contribution < 1.29 is 0 Å². The Morgan fingerprint density at radius 3 is 2.93 bits per heavy atom. The van der Waals surface area contributed by atoms with Crippen molar-refractivity contribution in [2.75, 3.05) is 13.1 Å². The van der Waals surface area contributed by atoms with Crippen molar-refractivity contribution in [3.05, 3.63) is 16.9 Å². The van der Waals surface area contributed by atoms with Gasteiger partial charge in [-0.15, -0.1) is 0 Å². The largest absolute Gasteiger partial charge is 0.317 e. The summed E-state index contributed by atoms with van der Waals surface area (Å²) in [6, 6.07) is 0. The zero-order valence-electron chi connectivity index (χ0n) is 8.46. The van der Waals surface area contributed by atoms with Crippen LogP contribution in [0.2, 0.25) is 5.02 Å². The molecule has 2 heterocycles. The van der Waals surface area contributed by atoms with Gasteiger partial charge in [0, 0.05) is 12.5 Å². The van der Waals surface area contributed by atoms with Gasteiger partial charge in [0.15, 0.2) is 0 Å². The van der Waals surface area contributed by atoms with E-state index in [1.807, 2.05) is 4.68 Å². The van der Waals surface area contributed by atoms with Gasteiger partial charge >= 0.3 is 0 Å². The predicted molar refractivity (Wildman–Crippen MR) is 57.8 cm³/mol. The molecule has 0 spiro atoms. The fourth-order valence-electron chi connectivity index (χ4n) is 2.13. The van der Waals surface area contributed by atoms with Crippen LogP contribution in [0.25, 0.3) is 0 Å². The normalized spacial score (nSPS) is 18.7. The van der Waals surface area contributed by atoms with E-state index in [4.69, 9.17) is 11.6 Å². The SMILES string of the molecule is CCn1ncc(Cl)c1C1CCNCC1. The maximum atomic E-state index is 6.15. The molecule has 14 heavy (non-hydrogen) atoms. The van der Waals surface area contributed by atoms with Crippen LogP contribution in [-0.4, -0.2) is 22.9 Å². The van der Waals surface area contributed by atoms with E-state index in [0.29, 0.717) is 5.92 Å². The minimum Gasteiger partial charge on any atom is -0.317 e. The van der Waals surface area contributed by atoms with Crippen LogP contribution in [0.5, 0.6) is 0 Å². The second kappa shape index (κ2) is 4.32. The van der Waals surface area contributed by atoms with Gasteiger partial charge in [-0.3, -0.25) is 4.68 Å². The number of aryl methyl sites for hydroxylation is 1. The Labute approximate surface area is 89.4 Å². The molecule has 2 rings (SSSR count). The number of hydrogen-bond donors (Lipinski definition) is 1. The van der Waals surface area contributed by atoms with E-state index in [0.717, 1.165) is 24.7 Å². The van der Waals surface area contributed by atoms with Crippen LogP contribution in [0.3, 0.4) is 0 Å². The number of halogens is 1. The molecule has 1 saturated heterocycles. The zero-order chi connectivity index (χ0) is 9.97. The third-order valence-electron chi connectivity index (χ3n) is 2.86. The number of piperidine rings is 1. The lowest BCUT2D eigenvalue weighted by Gasteiger charge is -2.23. The number of nitrogens with one attached hydrogen (secondary N) is 1. The molecule has 0 amide bonds. The first-order valence-corrected chi connectivity index (χ1v) is 5.62. The van der Waals surface area contributed by atoms with Crippen molar-refractivity contribution in [3.63, 3.8) is 0 Å². The van der Waals surface area contributed by atoms with Gasteiger partial charge in [0.2, 0.25) is 0 Å². The molecule has 0 aromatic carbocycles. The van der Waals surface area contributed by atoms with Gasteiger partial charge in [0.1, 0.15) is 0 Å². The Balaban J connectivity index is 2.23. The molecule has 1 aromatic heterocycles. The lowest BCUT2D eigenvalue weighted by atomic mass is 9.94. The first-order valence-electron chi connectivity index (χ1n) is 5.25. The van der Waals surface area contributed by atoms with Crippen molar-refractivity contribution in [1.29, 1.82) is 0 Å². The molecule has 0 atom stereocenters. The Kier molecular flexibility index (Phi) is 3.08. The number of hydrogen-bond acceptors (Lipinski definition) is 2. The molecule has 1 fully saturated rings. The Morgan fingerprint density at radius 1 is 1.57 bits per heavy atom. The Hall–Kier alpha value is -0.540. The van der Waals surface area contributed by atoms with E-state index >= 15 is 0 Å². The average Bonchev–Trinajstić information content (AvgIpc) is 2.61. The van der Waals surface area contributed by atoms with Crippen LogP contribution in [0, 0.1) is 0 Å². The third kappa shape index (κ3) is 1.79. The highest BCUT2D eigenvalue weighted by atomic mass is 35.5. The summed E-state index contributed by atoms with van der Waals surface area (Å²) in [6.45, 7) is 5.20. The highest BCUT2D eigenvalue weighted by molar-refractivity contribution is 6.31. The average molecular weight is 214 g/mol. The molecule has 0 aliphatic carbocycles. The van der Waals surface area contributed by atoms with Gasteiger partial charge in [-0.05, 0) is 32.9 Å². The van der Waals surface area contributed by atoms with Crippen LogP contribution in [-0.2, 0) is 6.54 Å². The lowest BCUT2D eigenvalue weighted by Crippen LogP contribution is -2.28. The van der Waals surface area contributed by atoms with Crippen molar-refractivity contribution in [2.45, 2.75) is 32.2 Å². The Morgan fingerprint density at radius 2 is 2.29 bits per heavy atom. The van der Waals surface area contributed by atoms with Gasteiger partial charge in [0.25, 0.3) is 0 Å². The topological polar surface area (TPSA) is 29.9 Å². The molecule has 0 bridgehead atoms. The van der Waals surface area contributed by atoms with E-state index in [1.54, 1.807) is 6.20 Å². The van der Waals surface area contributed by atoms with Gasteiger partial charge in [-0.1, -0.05) is 11.6 Å². The summed E-state index contributed by atoms with van der Waals surface area (Å²) in [5, 5.41) is 8.47. The monoisotopic (exact) mass is 213 g/mol. The fourth-order valence-corrected chi connectivity index (χ4v) is 2.42. The van der Waals surface area contributed by atoms with Crippen LogP contribution >= 0.6 is 11.6 Å². The number of nitrogens with zero attached hydrogens (tertiary/aromatic N) is 2. The van der Waals surface area contributed by atoms with Crippen molar-refractivity contribution in [1.82, 2.24) is 15.1 Å². The molecule has 1 N–H and O–H groups in total. The van der Waals surface area contributed by atoms with Crippen molar-refractivity contribution in [3.8, 4) is 0 Å². The molecule has 78 valence electrons. The van der Waals surface area contributed by atoms with Crippen LogP contribution < -0.4 is 5.32 Å². The van der Waals surface area contributed by atoms with Gasteiger partial charge in [-0.2, -0.15) is 5.10 Å². The van der Waals surface area contributed by atoms with Crippen LogP contribution in [0.1, 0.15) is 31.4 Å². The van der Waals surface area contributed by atoms with E-state index < -0.39 is 0 Å². The first-order chi connectivity index (χ1) is 6.83. The Bertz CT molecular complexity index is 302. The fraction of sp³-hybridized carbons (Fsp3) is 0.700. The number of rotatable bonds is 2. The van der Waals surface area contributed by atoms with Gasteiger partial charge in [0.05, 0.1) is 16.9 Å². The van der Waals surface area contributed by atoms with Crippen molar-refractivity contribution in [2.24, 2.45) is 0 Å². The maximum absolute atomic E-state index is 6.15. The molecular formula is C10H16ClN3. The highest BCUT2D eigenvalue weighted by Crippen LogP contribution is 2.30. The van der Waals surface area contributed by atoms with Crippen LogP contribution in [0.4, 0.5) is 0 Å². The summed E-state index contributed by atoms with van der Waals surface area (Å²) >= 11 is 6.15. The molecular weight excluding hydrogens is 198 g/mol.